The molecule has 1 aromatic rings. The summed E-state index contributed by atoms with van der Waals surface area (Å²) in [6.07, 6.45) is 4.40. The molecule has 2 aliphatic heterocycles. The van der Waals surface area contributed by atoms with Crippen LogP contribution >= 0.6 is 0 Å². The fourth-order valence-electron chi connectivity index (χ4n) is 3.56. The Morgan fingerprint density at radius 2 is 1.85 bits per heavy atom. The van der Waals surface area contributed by atoms with Gasteiger partial charge in [-0.1, -0.05) is 13.3 Å². The number of nitrogens with zero attached hydrogens (tertiary/aromatic N) is 2. The van der Waals surface area contributed by atoms with Gasteiger partial charge in [-0.05, 0) is 43.5 Å². The Balaban J connectivity index is 1.54. The normalized spacial score (nSPS) is 19.9. The molecule has 2 aliphatic rings. The molecule has 0 aliphatic carbocycles. The van der Waals surface area contributed by atoms with E-state index in [1.165, 1.54) is 0 Å². The second-order valence-electron chi connectivity index (χ2n) is 7.16. The highest BCUT2D eigenvalue weighted by Crippen LogP contribution is 2.21. The van der Waals surface area contributed by atoms with E-state index in [0.29, 0.717) is 17.8 Å². The van der Waals surface area contributed by atoms with Gasteiger partial charge in [0.05, 0.1) is 5.92 Å². The molecule has 1 atom stereocenters. The third kappa shape index (κ3) is 4.23. The van der Waals surface area contributed by atoms with Crippen molar-refractivity contribution in [2.45, 2.75) is 39.0 Å². The molecule has 26 heavy (non-hydrogen) atoms. The molecular formula is C20H27N3O3. The van der Waals surface area contributed by atoms with Gasteiger partial charge in [0.1, 0.15) is 0 Å². The van der Waals surface area contributed by atoms with Crippen LogP contribution in [0.3, 0.4) is 0 Å². The monoisotopic (exact) mass is 357 g/mol. The molecule has 2 saturated heterocycles. The zero-order chi connectivity index (χ0) is 18.5. The van der Waals surface area contributed by atoms with Crippen molar-refractivity contribution in [1.82, 2.24) is 9.80 Å². The summed E-state index contributed by atoms with van der Waals surface area (Å²) in [6, 6.07) is 7.02. The van der Waals surface area contributed by atoms with Gasteiger partial charge in [0, 0.05) is 43.9 Å². The molecule has 6 nitrogen and oxygen atoms in total. The number of rotatable bonds is 6. The first-order valence-electron chi connectivity index (χ1n) is 9.56. The predicted molar refractivity (Wildman–Crippen MR) is 99.8 cm³/mol. The Labute approximate surface area is 154 Å². The molecule has 2 fully saturated rings. The van der Waals surface area contributed by atoms with E-state index >= 15 is 0 Å². The van der Waals surface area contributed by atoms with E-state index < -0.39 is 0 Å². The number of carbonyl (C=O) groups excluding carboxylic acids is 3. The van der Waals surface area contributed by atoms with E-state index in [9.17, 15) is 14.4 Å². The third-order valence-corrected chi connectivity index (χ3v) is 5.16. The van der Waals surface area contributed by atoms with Crippen molar-refractivity contribution >= 4 is 23.4 Å². The highest BCUT2D eigenvalue weighted by atomic mass is 16.2. The molecule has 1 N–H and O–H groups in total. The maximum atomic E-state index is 12.4. The molecule has 140 valence electrons. The lowest BCUT2D eigenvalue weighted by Gasteiger charge is -2.16. The van der Waals surface area contributed by atoms with Gasteiger partial charge >= 0.3 is 0 Å². The van der Waals surface area contributed by atoms with Crippen LogP contribution in [-0.4, -0.2) is 53.7 Å². The summed E-state index contributed by atoms with van der Waals surface area (Å²) in [5, 5.41) is 2.87. The zero-order valence-corrected chi connectivity index (χ0v) is 15.4. The van der Waals surface area contributed by atoms with E-state index in [-0.39, 0.29) is 30.1 Å². The smallest absolute Gasteiger partial charge is 0.253 e. The van der Waals surface area contributed by atoms with Crippen LogP contribution in [0.4, 0.5) is 5.69 Å². The summed E-state index contributed by atoms with van der Waals surface area (Å²) in [4.78, 5) is 40.4. The summed E-state index contributed by atoms with van der Waals surface area (Å²) >= 11 is 0. The summed E-state index contributed by atoms with van der Waals surface area (Å²) in [6.45, 7) is 4.95. The first kappa shape index (κ1) is 18.4. The molecule has 3 rings (SSSR count). The van der Waals surface area contributed by atoms with Crippen molar-refractivity contribution in [2.75, 3.05) is 31.5 Å². The van der Waals surface area contributed by atoms with Gasteiger partial charge in [0.15, 0.2) is 0 Å². The summed E-state index contributed by atoms with van der Waals surface area (Å²) < 4.78 is 0. The molecule has 0 spiro atoms. The van der Waals surface area contributed by atoms with Crippen molar-refractivity contribution in [3.63, 3.8) is 0 Å². The number of amides is 3. The maximum Gasteiger partial charge on any atom is 0.253 e. The van der Waals surface area contributed by atoms with Crippen LogP contribution in [0.25, 0.3) is 0 Å². The SMILES string of the molecule is CCCCN1CC(C(=O)Nc2ccc(C(=O)N3CCCC3)cc2)CC1=O. The van der Waals surface area contributed by atoms with Crippen LogP contribution in [0.2, 0.25) is 0 Å². The van der Waals surface area contributed by atoms with Crippen molar-refractivity contribution in [3.05, 3.63) is 29.8 Å². The van der Waals surface area contributed by atoms with Gasteiger partial charge < -0.3 is 15.1 Å². The van der Waals surface area contributed by atoms with E-state index in [2.05, 4.69) is 12.2 Å². The molecule has 0 radical (unpaired) electrons. The standard InChI is InChI=1S/C20H27N3O3/c1-2-3-10-23-14-16(13-18(23)24)19(25)21-17-8-6-15(7-9-17)20(26)22-11-4-5-12-22/h6-9,16H,2-5,10-14H2,1H3,(H,21,25). The lowest BCUT2D eigenvalue weighted by Crippen LogP contribution is -2.29. The number of likely N-dealkylation sites (tertiary alicyclic amines) is 2. The predicted octanol–water partition coefficient (Wildman–Crippen LogP) is 2.51. The Morgan fingerprint density at radius 1 is 1.15 bits per heavy atom. The average Bonchev–Trinajstić information content (AvgIpc) is 3.30. The van der Waals surface area contributed by atoms with Crippen LogP contribution in [-0.2, 0) is 9.59 Å². The Bertz CT molecular complexity index is 665. The minimum Gasteiger partial charge on any atom is -0.342 e. The van der Waals surface area contributed by atoms with E-state index in [0.717, 1.165) is 45.3 Å². The van der Waals surface area contributed by atoms with Crippen LogP contribution in [0.1, 0.15) is 49.4 Å². The number of carbonyl (C=O) groups is 3. The molecule has 3 amide bonds. The van der Waals surface area contributed by atoms with Gasteiger partial charge in [0.2, 0.25) is 11.8 Å². The fourth-order valence-corrected chi connectivity index (χ4v) is 3.56. The molecule has 1 unspecified atom stereocenters. The molecule has 0 aromatic heterocycles. The van der Waals surface area contributed by atoms with Crippen LogP contribution in [0.5, 0.6) is 0 Å². The van der Waals surface area contributed by atoms with Gasteiger partial charge in [-0.3, -0.25) is 14.4 Å². The van der Waals surface area contributed by atoms with Gasteiger partial charge in [-0.15, -0.1) is 0 Å². The van der Waals surface area contributed by atoms with E-state index in [4.69, 9.17) is 0 Å². The topological polar surface area (TPSA) is 69.7 Å². The largest absolute Gasteiger partial charge is 0.342 e. The van der Waals surface area contributed by atoms with Crippen molar-refractivity contribution in [1.29, 1.82) is 0 Å². The second-order valence-corrected chi connectivity index (χ2v) is 7.16. The number of hydrogen-bond donors (Lipinski definition) is 1. The fraction of sp³-hybridized carbons (Fsp3) is 0.550. The minimum atomic E-state index is -0.301. The number of hydrogen-bond acceptors (Lipinski definition) is 3. The van der Waals surface area contributed by atoms with Gasteiger partial charge in [-0.25, -0.2) is 0 Å². The summed E-state index contributed by atoms with van der Waals surface area (Å²) in [7, 11) is 0. The lowest BCUT2D eigenvalue weighted by atomic mass is 10.1. The van der Waals surface area contributed by atoms with Gasteiger partial charge in [0.25, 0.3) is 5.91 Å². The summed E-state index contributed by atoms with van der Waals surface area (Å²) in [5.41, 5.74) is 1.30. The second kappa shape index (κ2) is 8.34. The van der Waals surface area contributed by atoms with Crippen molar-refractivity contribution in [3.8, 4) is 0 Å². The highest BCUT2D eigenvalue weighted by molar-refractivity contribution is 5.98. The van der Waals surface area contributed by atoms with Crippen LogP contribution < -0.4 is 5.32 Å². The molecular weight excluding hydrogens is 330 g/mol. The number of anilines is 1. The minimum absolute atomic E-state index is 0.0494. The van der Waals surface area contributed by atoms with Crippen molar-refractivity contribution < 1.29 is 14.4 Å². The number of unbranched alkanes of at least 4 members (excludes halogenated alkanes) is 1. The molecule has 6 heteroatoms. The average molecular weight is 357 g/mol. The molecule has 2 heterocycles. The maximum absolute atomic E-state index is 12.4. The first-order valence-corrected chi connectivity index (χ1v) is 9.56. The van der Waals surface area contributed by atoms with Crippen molar-refractivity contribution in [2.24, 2.45) is 5.92 Å². The third-order valence-electron chi connectivity index (χ3n) is 5.16. The molecule has 0 bridgehead atoms. The number of benzene rings is 1. The highest BCUT2D eigenvalue weighted by Gasteiger charge is 2.33. The van der Waals surface area contributed by atoms with Gasteiger partial charge in [-0.2, -0.15) is 0 Å². The Hall–Kier alpha value is -2.37. The summed E-state index contributed by atoms with van der Waals surface area (Å²) in [5.74, 6) is -0.320. The van der Waals surface area contributed by atoms with E-state index in [1.807, 2.05) is 4.90 Å². The van der Waals surface area contributed by atoms with Crippen LogP contribution in [0, 0.1) is 5.92 Å². The Morgan fingerprint density at radius 3 is 2.50 bits per heavy atom. The zero-order valence-electron chi connectivity index (χ0n) is 15.4. The first-order chi connectivity index (χ1) is 12.6. The molecule has 1 aromatic carbocycles. The Kier molecular flexibility index (Phi) is 5.91. The quantitative estimate of drug-likeness (QED) is 0.850. The lowest BCUT2D eigenvalue weighted by molar-refractivity contribution is -0.128. The molecule has 0 saturated carbocycles. The van der Waals surface area contributed by atoms with E-state index in [1.54, 1.807) is 29.2 Å². The number of nitrogens with one attached hydrogen (secondary N) is 1. The van der Waals surface area contributed by atoms with Crippen LogP contribution in [0.15, 0.2) is 24.3 Å².